The molecule has 0 spiro atoms. The van der Waals surface area contributed by atoms with Crippen molar-refractivity contribution in [3.63, 3.8) is 0 Å². The van der Waals surface area contributed by atoms with Crippen LogP contribution in [0.25, 0.3) is 0 Å². The number of rotatable bonds is 6. The summed E-state index contributed by atoms with van der Waals surface area (Å²) in [6.07, 6.45) is 5.82. The number of amides is 1. The van der Waals surface area contributed by atoms with Crippen molar-refractivity contribution < 1.29 is 9.90 Å². The molecule has 0 heterocycles. The summed E-state index contributed by atoms with van der Waals surface area (Å²) in [7, 11) is 0. The third-order valence-corrected chi connectivity index (χ3v) is 3.86. The van der Waals surface area contributed by atoms with Crippen molar-refractivity contribution in [1.29, 1.82) is 0 Å². The third kappa shape index (κ3) is 5.83. The molecule has 0 aromatic rings. The molecule has 1 amide bonds. The molecule has 1 aliphatic carbocycles. The molecule has 0 radical (unpaired) electrons. The highest BCUT2D eigenvalue weighted by atomic mass is 16.3. The molecule has 106 valence electrons. The minimum atomic E-state index is -0.282. The van der Waals surface area contributed by atoms with Crippen molar-refractivity contribution in [3.05, 3.63) is 0 Å². The Labute approximate surface area is 110 Å². The second-order valence-corrected chi connectivity index (χ2v) is 6.28. The monoisotopic (exact) mass is 256 g/mol. The van der Waals surface area contributed by atoms with Gasteiger partial charge >= 0.3 is 0 Å². The fourth-order valence-electron chi connectivity index (χ4n) is 2.56. The number of nitrogens with one attached hydrogen (secondary N) is 1. The maximum Gasteiger partial charge on any atom is 0.220 e. The molecular formula is C14H28N2O2. The summed E-state index contributed by atoms with van der Waals surface area (Å²) < 4.78 is 0. The van der Waals surface area contributed by atoms with Gasteiger partial charge in [0, 0.05) is 25.1 Å². The van der Waals surface area contributed by atoms with Gasteiger partial charge in [0.1, 0.15) is 0 Å². The minimum Gasteiger partial charge on any atom is -0.396 e. The fourth-order valence-corrected chi connectivity index (χ4v) is 2.56. The Kier molecular flexibility index (Phi) is 6.09. The largest absolute Gasteiger partial charge is 0.396 e. The Morgan fingerprint density at radius 3 is 2.50 bits per heavy atom. The van der Waals surface area contributed by atoms with Crippen molar-refractivity contribution in [2.24, 2.45) is 17.6 Å². The molecule has 4 N–H and O–H groups in total. The first-order valence-electron chi connectivity index (χ1n) is 7.09. The summed E-state index contributed by atoms with van der Waals surface area (Å²) in [5, 5.41) is 12.3. The van der Waals surface area contributed by atoms with Gasteiger partial charge in [-0.3, -0.25) is 4.79 Å². The molecule has 0 aliphatic heterocycles. The molecule has 0 aromatic heterocycles. The lowest BCUT2D eigenvalue weighted by molar-refractivity contribution is -0.121. The maximum absolute atomic E-state index is 11.7. The second kappa shape index (κ2) is 7.10. The number of carbonyl (C=O) groups excluding carboxylic acids is 1. The predicted molar refractivity (Wildman–Crippen MR) is 73.0 cm³/mol. The van der Waals surface area contributed by atoms with Gasteiger partial charge < -0.3 is 16.2 Å². The van der Waals surface area contributed by atoms with Crippen LogP contribution in [-0.4, -0.2) is 29.7 Å². The molecule has 2 atom stereocenters. The molecule has 1 saturated carbocycles. The summed E-state index contributed by atoms with van der Waals surface area (Å²) in [5.41, 5.74) is 5.57. The van der Waals surface area contributed by atoms with E-state index in [0.29, 0.717) is 31.2 Å². The van der Waals surface area contributed by atoms with Crippen LogP contribution in [0.1, 0.15) is 52.4 Å². The Morgan fingerprint density at radius 1 is 1.33 bits per heavy atom. The van der Waals surface area contributed by atoms with E-state index in [0.717, 1.165) is 12.8 Å². The van der Waals surface area contributed by atoms with Crippen molar-refractivity contribution in [2.75, 3.05) is 13.2 Å². The number of aliphatic hydroxyl groups excluding tert-OH is 1. The van der Waals surface area contributed by atoms with E-state index in [2.05, 4.69) is 5.32 Å². The lowest BCUT2D eigenvalue weighted by Gasteiger charge is -2.30. The van der Waals surface area contributed by atoms with Crippen LogP contribution in [0.15, 0.2) is 0 Å². The van der Waals surface area contributed by atoms with E-state index in [1.54, 1.807) is 0 Å². The maximum atomic E-state index is 11.7. The van der Waals surface area contributed by atoms with Crippen LogP contribution in [-0.2, 0) is 4.79 Å². The molecule has 1 fully saturated rings. The lowest BCUT2D eigenvalue weighted by Crippen LogP contribution is -2.37. The molecule has 1 rings (SSSR count). The van der Waals surface area contributed by atoms with E-state index < -0.39 is 0 Å². The smallest absolute Gasteiger partial charge is 0.220 e. The lowest BCUT2D eigenvalue weighted by atomic mass is 9.79. The van der Waals surface area contributed by atoms with E-state index in [-0.39, 0.29) is 18.1 Å². The van der Waals surface area contributed by atoms with Gasteiger partial charge in [0.25, 0.3) is 0 Å². The first-order chi connectivity index (χ1) is 8.42. The van der Waals surface area contributed by atoms with E-state index in [4.69, 9.17) is 5.73 Å². The van der Waals surface area contributed by atoms with Crippen LogP contribution in [0, 0.1) is 11.8 Å². The molecule has 0 aromatic carbocycles. The highest BCUT2D eigenvalue weighted by molar-refractivity contribution is 5.75. The Hall–Kier alpha value is -0.610. The van der Waals surface area contributed by atoms with Crippen LogP contribution in [0.2, 0.25) is 0 Å². The molecule has 2 unspecified atom stereocenters. The standard InChI is InChI=1S/C14H28N2O2/c1-14(2,15)8-7-13(18)16-9-11-5-3-4-6-12(11)10-17/h11-12,17H,3-10,15H2,1-2H3,(H,16,18). The minimum absolute atomic E-state index is 0.0794. The van der Waals surface area contributed by atoms with E-state index in [1.165, 1.54) is 12.8 Å². The van der Waals surface area contributed by atoms with Gasteiger partial charge in [-0.05, 0) is 44.9 Å². The molecular weight excluding hydrogens is 228 g/mol. The predicted octanol–water partition coefficient (Wildman–Crippen LogP) is 1.42. The van der Waals surface area contributed by atoms with Crippen LogP contribution in [0.5, 0.6) is 0 Å². The van der Waals surface area contributed by atoms with Crippen LogP contribution in [0.3, 0.4) is 0 Å². The molecule has 4 heteroatoms. The molecule has 18 heavy (non-hydrogen) atoms. The first kappa shape index (κ1) is 15.4. The van der Waals surface area contributed by atoms with E-state index >= 15 is 0 Å². The van der Waals surface area contributed by atoms with Crippen molar-refractivity contribution in [2.45, 2.75) is 57.9 Å². The van der Waals surface area contributed by atoms with Gasteiger partial charge in [0.2, 0.25) is 5.91 Å². The van der Waals surface area contributed by atoms with Gasteiger partial charge in [-0.25, -0.2) is 0 Å². The number of hydrogen-bond donors (Lipinski definition) is 3. The van der Waals surface area contributed by atoms with Crippen molar-refractivity contribution >= 4 is 5.91 Å². The van der Waals surface area contributed by atoms with Crippen LogP contribution < -0.4 is 11.1 Å². The zero-order valence-corrected chi connectivity index (χ0v) is 11.7. The summed E-state index contributed by atoms with van der Waals surface area (Å²) in [6.45, 7) is 4.82. The van der Waals surface area contributed by atoms with Gasteiger partial charge in [0.05, 0.1) is 0 Å². The average molecular weight is 256 g/mol. The topological polar surface area (TPSA) is 75.4 Å². The van der Waals surface area contributed by atoms with Gasteiger partial charge in [-0.2, -0.15) is 0 Å². The van der Waals surface area contributed by atoms with Crippen LogP contribution >= 0.6 is 0 Å². The third-order valence-electron chi connectivity index (χ3n) is 3.86. The Morgan fingerprint density at radius 2 is 1.94 bits per heavy atom. The number of hydrogen-bond acceptors (Lipinski definition) is 3. The zero-order valence-electron chi connectivity index (χ0n) is 11.7. The Bertz CT molecular complexity index is 261. The fraction of sp³-hybridized carbons (Fsp3) is 0.929. The number of aliphatic hydroxyl groups is 1. The molecule has 1 aliphatic rings. The SMILES string of the molecule is CC(C)(N)CCC(=O)NCC1CCCCC1CO. The molecule has 4 nitrogen and oxygen atoms in total. The summed E-state index contributed by atoms with van der Waals surface area (Å²) in [5.74, 6) is 0.888. The van der Waals surface area contributed by atoms with Crippen molar-refractivity contribution in [1.82, 2.24) is 5.32 Å². The quantitative estimate of drug-likeness (QED) is 0.673. The first-order valence-corrected chi connectivity index (χ1v) is 7.09. The normalized spacial score (nSPS) is 24.9. The highest BCUT2D eigenvalue weighted by Crippen LogP contribution is 2.29. The Balaban J connectivity index is 2.24. The summed E-state index contributed by atoms with van der Waals surface area (Å²) >= 11 is 0. The van der Waals surface area contributed by atoms with E-state index in [9.17, 15) is 9.90 Å². The zero-order chi connectivity index (χ0) is 13.6. The highest BCUT2D eigenvalue weighted by Gasteiger charge is 2.24. The van der Waals surface area contributed by atoms with Crippen LogP contribution in [0.4, 0.5) is 0 Å². The van der Waals surface area contributed by atoms with E-state index in [1.807, 2.05) is 13.8 Å². The average Bonchev–Trinajstić information content (AvgIpc) is 2.33. The second-order valence-electron chi connectivity index (χ2n) is 6.28. The van der Waals surface area contributed by atoms with Gasteiger partial charge in [-0.1, -0.05) is 12.8 Å². The molecule has 0 bridgehead atoms. The number of carbonyl (C=O) groups is 1. The van der Waals surface area contributed by atoms with Gasteiger partial charge in [0.15, 0.2) is 0 Å². The van der Waals surface area contributed by atoms with Crippen molar-refractivity contribution in [3.8, 4) is 0 Å². The summed E-state index contributed by atoms with van der Waals surface area (Å²) in [4.78, 5) is 11.7. The summed E-state index contributed by atoms with van der Waals surface area (Å²) in [6, 6.07) is 0. The molecule has 0 saturated heterocycles. The van der Waals surface area contributed by atoms with Gasteiger partial charge in [-0.15, -0.1) is 0 Å². The number of nitrogens with two attached hydrogens (primary N) is 1.